The molecule has 1 aliphatic heterocycles. The van der Waals surface area contributed by atoms with E-state index >= 15 is 0 Å². The van der Waals surface area contributed by atoms with Crippen LogP contribution in [0.15, 0.2) is 4.52 Å². The predicted octanol–water partition coefficient (Wildman–Crippen LogP) is 1.09. The molecule has 1 saturated carbocycles. The summed E-state index contributed by atoms with van der Waals surface area (Å²) in [6, 6.07) is 0. The lowest BCUT2D eigenvalue weighted by atomic mass is 9.85. The van der Waals surface area contributed by atoms with E-state index in [0.717, 1.165) is 56.2 Å². The molecule has 0 amide bonds. The van der Waals surface area contributed by atoms with Gasteiger partial charge in [0.1, 0.15) is 5.82 Å². The molecule has 2 aromatic rings. The largest absolute Gasteiger partial charge is 0.338 e. The van der Waals surface area contributed by atoms with Crippen molar-refractivity contribution in [2.75, 3.05) is 31.1 Å². The van der Waals surface area contributed by atoms with E-state index in [2.05, 4.69) is 35.1 Å². The van der Waals surface area contributed by atoms with Crippen molar-refractivity contribution in [1.82, 2.24) is 30.2 Å². The molecule has 0 unspecified atom stereocenters. The van der Waals surface area contributed by atoms with E-state index in [1.807, 2.05) is 6.92 Å². The average Bonchev–Trinajstić information content (AvgIpc) is 3.08. The molecule has 8 heteroatoms. The highest BCUT2D eigenvalue weighted by atomic mass is 16.5. The van der Waals surface area contributed by atoms with Crippen LogP contribution >= 0.6 is 0 Å². The molecule has 1 aliphatic carbocycles. The summed E-state index contributed by atoms with van der Waals surface area (Å²) in [5.74, 6) is 3.82. The van der Waals surface area contributed by atoms with Crippen LogP contribution in [0, 0.1) is 6.92 Å². The summed E-state index contributed by atoms with van der Waals surface area (Å²) >= 11 is 0. The molecular weight excluding hydrogens is 282 g/mol. The number of piperazine rings is 1. The standard InChI is InChI=1S/C14H21N7O/c1-10-15-14(18-17-10)21-7-5-20(6-8-21)9-12-16-13(19-22-12)11-3-2-4-11/h11H,2-9H2,1H3,(H,15,17,18). The fraction of sp³-hybridized carbons (Fsp3) is 0.714. The second kappa shape index (κ2) is 5.68. The van der Waals surface area contributed by atoms with E-state index < -0.39 is 0 Å². The van der Waals surface area contributed by atoms with Gasteiger partial charge in [-0.2, -0.15) is 9.97 Å². The molecule has 2 fully saturated rings. The molecule has 3 heterocycles. The molecule has 8 nitrogen and oxygen atoms in total. The van der Waals surface area contributed by atoms with Crippen molar-refractivity contribution in [3.63, 3.8) is 0 Å². The third kappa shape index (κ3) is 2.70. The van der Waals surface area contributed by atoms with Crippen LogP contribution in [-0.2, 0) is 6.54 Å². The Morgan fingerprint density at radius 3 is 2.64 bits per heavy atom. The van der Waals surface area contributed by atoms with Gasteiger partial charge in [0.2, 0.25) is 11.8 Å². The van der Waals surface area contributed by atoms with Crippen LogP contribution < -0.4 is 4.90 Å². The summed E-state index contributed by atoms with van der Waals surface area (Å²) in [5.41, 5.74) is 0. The fourth-order valence-corrected chi connectivity index (χ4v) is 2.93. The van der Waals surface area contributed by atoms with Gasteiger partial charge in [-0.15, -0.1) is 5.10 Å². The average molecular weight is 303 g/mol. The molecule has 0 aromatic carbocycles. The van der Waals surface area contributed by atoms with Crippen molar-refractivity contribution in [2.24, 2.45) is 0 Å². The first-order valence-electron chi connectivity index (χ1n) is 7.97. The second-order valence-electron chi connectivity index (χ2n) is 6.16. The number of nitrogens with zero attached hydrogens (tertiary/aromatic N) is 6. The van der Waals surface area contributed by atoms with Crippen LogP contribution in [0.1, 0.15) is 42.7 Å². The Morgan fingerprint density at radius 1 is 1.18 bits per heavy atom. The van der Waals surface area contributed by atoms with E-state index in [-0.39, 0.29) is 0 Å². The number of nitrogens with one attached hydrogen (secondary N) is 1. The Morgan fingerprint density at radius 2 is 2.00 bits per heavy atom. The second-order valence-corrected chi connectivity index (χ2v) is 6.16. The lowest BCUT2D eigenvalue weighted by Crippen LogP contribution is -2.46. The molecule has 22 heavy (non-hydrogen) atoms. The Kier molecular flexibility index (Phi) is 3.53. The molecule has 0 atom stereocenters. The van der Waals surface area contributed by atoms with Crippen molar-refractivity contribution in [2.45, 2.75) is 38.6 Å². The number of H-pyrrole nitrogens is 1. The van der Waals surface area contributed by atoms with Gasteiger partial charge in [-0.1, -0.05) is 11.6 Å². The summed E-state index contributed by atoms with van der Waals surface area (Å²) in [4.78, 5) is 13.5. The van der Waals surface area contributed by atoms with Crippen molar-refractivity contribution in [3.8, 4) is 0 Å². The molecule has 4 rings (SSSR count). The van der Waals surface area contributed by atoms with Gasteiger partial charge in [0.25, 0.3) is 0 Å². The van der Waals surface area contributed by atoms with Crippen LogP contribution in [0.5, 0.6) is 0 Å². The minimum Gasteiger partial charge on any atom is -0.338 e. The van der Waals surface area contributed by atoms with Gasteiger partial charge in [0.15, 0.2) is 5.82 Å². The zero-order valence-electron chi connectivity index (χ0n) is 12.8. The first-order valence-corrected chi connectivity index (χ1v) is 7.97. The van der Waals surface area contributed by atoms with Crippen LogP contribution in [0.2, 0.25) is 0 Å². The quantitative estimate of drug-likeness (QED) is 0.904. The van der Waals surface area contributed by atoms with Gasteiger partial charge >= 0.3 is 0 Å². The molecule has 0 radical (unpaired) electrons. The van der Waals surface area contributed by atoms with Crippen LogP contribution in [-0.4, -0.2) is 56.4 Å². The Hall–Kier alpha value is -1.96. The van der Waals surface area contributed by atoms with Crippen molar-refractivity contribution >= 4 is 5.95 Å². The van der Waals surface area contributed by atoms with Crippen molar-refractivity contribution < 1.29 is 4.52 Å². The maximum absolute atomic E-state index is 5.39. The minimum absolute atomic E-state index is 0.531. The fourth-order valence-electron chi connectivity index (χ4n) is 2.93. The molecular formula is C14H21N7O. The topological polar surface area (TPSA) is 87.0 Å². The SMILES string of the molecule is Cc1nc(N2CCN(Cc3nc(C4CCC4)no3)CC2)n[nH]1. The summed E-state index contributed by atoms with van der Waals surface area (Å²) < 4.78 is 5.39. The van der Waals surface area contributed by atoms with Crippen LogP contribution in [0.25, 0.3) is 0 Å². The summed E-state index contributed by atoms with van der Waals surface area (Å²) in [5, 5.41) is 11.2. The maximum atomic E-state index is 5.39. The summed E-state index contributed by atoms with van der Waals surface area (Å²) in [7, 11) is 0. The van der Waals surface area contributed by atoms with Gasteiger partial charge in [0, 0.05) is 32.1 Å². The number of aromatic amines is 1. The normalized spacial score (nSPS) is 20.3. The third-order valence-electron chi connectivity index (χ3n) is 4.55. The monoisotopic (exact) mass is 303 g/mol. The van der Waals surface area contributed by atoms with Gasteiger partial charge in [-0.05, 0) is 19.8 Å². The zero-order valence-corrected chi connectivity index (χ0v) is 12.8. The van der Waals surface area contributed by atoms with Gasteiger partial charge in [0.05, 0.1) is 6.54 Å². The highest BCUT2D eigenvalue weighted by Crippen LogP contribution is 2.34. The zero-order chi connectivity index (χ0) is 14.9. The Balaban J connectivity index is 1.31. The van der Waals surface area contributed by atoms with Crippen LogP contribution in [0.4, 0.5) is 5.95 Å². The first kappa shape index (κ1) is 13.7. The number of hydrogen-bond donors (Lipinski definition) is 1. The molecule has 1 N–H and O–H groups in total. The minimum atomic E-state index is 0.531. The third-order valence-corrected chi connectivity index (χ3v) is 4.55. The van der Waals surface area contributed by atoms with E-state index in [1.165, 1.54) is 19.3 Å². The van der Waals surface area contributed by atoms with E-state index in [0.29, 0.717) is 5.92 Å². The predicted molar refractivity (Wildman–Crippen MR) is 79.5 cm³/mol. The number of aromatic nitrogens is 5. The van der Waals surface area contributed by atoms with Crippen LogP contribution in [0.3, 0.4) is 0 Å². The van der Waals surface area contributed by atoms with E-state index in [1.54, 1.807) is 0 Å². The first-order chi connectivity index (χ1) is 10.8. The molecule has 0 spiro atoms. The highest BCUT2D eigenvalue weighted by molar-refractivity contribution is 5.29. The number of hydrogen-bond acceptors (Lipinski definition) is 7. The molecule has 2 aliphatic rings. The number of aryl methyl sites for hydroxylation is 1. The molecule has 1 saturated heterocycles. The lowest BCUT2D eigenvalue weighted by Gasteiger charge is -2.33. The molecule has 2 aromatic heterocycles. The summed E-state index contributed by atoms with van der Waals surface area (Å²) in [6.45, 7) is 6.40. The van der Waals surface area contributed by atoms with Crippen molar-refractivity contribution in [1.29, 1.82) is 0 Å². The molecule has 0 bridgehead atoms. The van der Waals surface area contributed by atoms with Gasteiger partial charge < -0.3 is 9.42 Å². The lowest BCUT2D eigenvalue weighted by molar-refractivity contribution is 0.214. The highest BCUT2D eigenvalue weighted by Gasteiger charge is 2.26. The van der Waals surface area contributed by atoms with Gasteiger partial charge in [-0.25, -0.2) is 0 Å². The molecule has 118 valence electrons. The van der Waals surface area contributed by atoms with E-state index in [9.17, 15) is 0 Å². The number of rotatable bonds is 4. The van der Waals surface area contributed by atoms with E-state index in [4.69, 9.17) is 4.52 Å². The Bertz CT molecular complexity index is 625. The number of anilines is 1. The maximum Gasteiger partial charge on any atom is 0.244 e. The van der Waals surface area contributed by atoms with Crippen molar-refractivity contribution in [3.05, 3.63) is 17.5 Å². The van der Waals surface area contributed by atoms with Gasteiger partial charge in [-0.3, -0.25) is 10.00 Å². The summed E-state index contributed by atoms with van der Waals surface area (Å²) in [6.07, 6.45) is 3.69. The Labute approximate surface area is 128 Å². The smallest absolute Gasteiger partial charge is 0.244 e.